The van der Waals surface area contributed by atoms with E-state index in [9.17, 15) is 10.1 Å². The van der Waals surface area contributed by atoms with Gasteiger partial charge < -0.3 is 14.8 Å². The molecule has 3 aromatic rings. The molecular formula is C28H27IN2O3. The van der Waals surface area contributed by atoms with Crippen molar-refractivity contribution in [2.75, 3.05) is 6.61 Å². The third kappa shape index (κ3) is 6.84. The maximum absolute atomic E-state index is 12.7. The van der Waals surface area contributed by atoms with Gasteiger partial charge in [0.2, 0.25) is 0 Å². The molecule has 0 aliphatic carbocycles. The van der Waals surface area contributed by atoms with Crippen molar-refractivity contribution < 1.29 is 14.3 Å². The number of halogens is 1. The zero-order chi connectivity index (χ0) is 24.5. The van der Waals surface area contributed by atoms with Crippen molar-refractivity contribution >= 4 is 34.6 Å². The molecule has 34 heavy (non-hydrogen) atoms. The zero-order valence-electron chi connectivity index (χ0n) is 19.5. The fraction of sp³-hybridized carbons (Fsp3) is 0.214. The normalized spacial score (nSPS) is 11.9. The summed E-state index contributed by atoms with van der Waals surface area (Å²) >= 11 is 2.19. The quantitative estimate of drug-likeness (QED) is 0.186. The van der Waals surface area contributed by atoms with E-state index in [0.29, 0.717) is 30.3 Å². The van der Waals surface area contributed by atoms with Gasteiger partial charge in [-0.2, -0.15) is 5.26 Å². The van der Waals surface area contributed by atoms with Gasteiger partial charge in [0.25, 0.3) is 5.91 Å². The van der Waals surface area contributed by atoms with E-state index >= 15 is 0 Å². The van der Waals surface area contributed by atoms with Crippen LogP contribution in [0, 0.1) is 21.8 Å². The van der Waals surface area contributed by atoms with Crippen LogP contribution in [0.2, 0.25) is 0 Å². The fourth-order valence-corrected chi connectivity index (χ4v) is 4.11. The first kappa shape index (κ1) is 25.3. The average Bonchev–Trinajstić information content (AvgIpc) is 2.83. The molecule has 0 radical (unpaired) electrons. The number of hydrogen-bond donors (Lipinski definition) is 1. The molecule has 1 atom stereocenters. The standard InChI is InChI=1S/C28H27IN2O3/c1-4-33-26-16-22(15-25(29)27(26)34-18-21-12-10-19(2)11-13-21)14-24(17-30)28(32)31-20(3)23-8-6-5-7-9-23/h5-16,20H,4,18H2,1-3H3,(H,31,32)/b24-14-/t20-/m1/s1. The third-order valence-corrected chi connectivity index (χ3v) is 5.96. The minimum atomic E-state index is -0.425. The lowest BCUT2D eigenvalue weighted by Crippen LogP contribution is -2.27. The number of amides is 1. The first-order chi connectivity index (χ1) is 16.4. The molecule has 0 aromatic heterocycles. The highest BCUT2D eigenvalue weighted by atomic mass is 127. The Morgan fingerprint density at radius 3 is 2.47 bits per heavy atom. The number of nitrogens with zero attached hydrogens (tertiary/aromatic N) is 1. The van der Waals surface area contributed by atoms with E-state index in [4.69, 9.17) is 9.47 Å². The van der Waals surface area contributed by atoms with Gasteiger partial charge in [-0.1, -0.05) is 60.2 Å². The third-order valence-electron chi connectivity index (χ3n) is 5.16. The number of aryl methyl sites for hydroxylation is 1. The molecule has 0 unspecified atom stereocenters. The first-order valence-corrected chi connectivity index (χ1v) is 12.1. The van der Waals surface area contributed by atoms with Crippen LogP contribution in [-0.4, -0.2) is 12.5 Å². The summed E-state index contributed by atoms with van der Waals surface area (Å²) in [6, 6.07) is 23.3. The lowest BCUT2D eigenvalue weighted by Gasteiger charge is -2.16. The molecule has 0 spiro atoms. The van der Waals surface area contributed by atoms with Crippen LogP contribution >= 0.6 is 22.6 Å². The molecule has 1 N–H and O–H groups in total. The summed E-state index contributed by atoms with van der Waals surface area (Å²) in [7, 11) is 0. The van der Waals surface area contributed by atoms with Gasteiger partial charge in [0.1, 0.15) is 18.2 Å². The minimum Gasteiger partial charge on any atom is -0.490 e. The molecule has 0 saturated heterocycles. The van der Waals surface area contributed by atoms with Crippen molar-refractivity contribution in [1.82, 2.24) is 5.32 Å². The molecular weight excluding hydrogens is 539 g/mol. The lowest BCUT2D eigenvalue weighted by molar-refractivity contribution is -0.117. The predicted octanol–water partition coefficient (Wildman–Crippen LogP) is 6.36. The molecule has 174 valence electrons. The molecule has 3 rings (SSSR count). The molecule has 0 aliphatic rings. The molecule has 3 aromatic carbocycles. The summed E-state index contributed by atoms with van der Waals surface area (Å²) in [6.07, 6.45) is 1.57. The number of rotatable bonds is 9. The summed E-state index contributed by atoms with van der Waals surface area (Å²) in [5, 5.41) is 12.5. The van der Waals surface area contributed by atoms with Crippen molar-refractivity contribution in [1.29, 1.82) is 5.26 Å². The van der Waals surface area contributed by atoms with E-state index in [2.05, 4.69) is 27.9 Å². The maximum atomic E-state index is 12.7. The monoisotopic (exact) mass is 566 g/mol. The molecule has 1 amide bonds. The number of hydrogen-bond acceptors (Lipinski definition) is 4. The van der Waals surface area contributed by atoms with Gasteiger partial charge >= 0.3 is 0 Å². The first-order valence-electron chi connectivity index (χ1n) is 11.0. The smallest absolute Gasteiger partial charge is 0.262 e. The number of nitrogens with one attached hydrogen (secondary N) is 1. The Bertz CT molecular complexity index is 1200. The highest BCUT2D eigenvalue weighted by molar-refractivity contribution is 14.1. The SMILES string of the molecule is CCOc1cc(/C=C(/C#N)C(=O)N[C@H](C)c2ccccc2)cc(I)c1OCc1ccc(C)cc1. The van der Waals surface area contributed by atoms with Crippen LogP contribution in [0.4, 0.5) is 0 Å². The highest BCUT2D eigenvalue weighted by Crippen LogP contribution is 2.35. The Hall–Kier alpha value is -3.31. The predicted molar refractivity (Wildman–Crippen MR) is 142 cm³/mol. The van der Waals surface area contributed by atoms with Crippen molar-refractivity contribution in [2.45, 2.75) is 33.4 Å². The fourth-order valence-electron chi connectivity index (χ4n) is 3.33. The Morgan fingerprint density at radius 2 is 1.82 bits per heavy atom. The maximum Gasteiger partial charge on any atom is 0.262 e. The van der Waals surface area contributed by atoms with E-state index in [-0.39, 0.29) is 11.6 Å². The number of ether oxygens (including phenoxy) is 2. The summed E-state index contributed by atoms with van der Waals surface area (Å²) in [4.78, 5) is 12.7. The van der Waals surface area contributed by atoms with Gasteiger partial charge in [-0.05, 0) is 78.3 Å². The van der Waals surface area contributed by atoms with Crippen molar-refractivity contribution in [3.8, 4) is 17.6 Å². The summed E-state index contributed by atoms with van der Waals surface area (Å²) < 4.78 is 12.7. The second kappa shape index (κ2) is 12.2. The lowest BCUT2D eigenvalue weighted by atomic mass is 10.1. The topological polar surface area (TPSA) is 71.3 Å². The molecule has 0 bridgehead atoms. The number of carbonyl (C=O) groups is 1. The Balaban J connectivity index is 1.81. The summed E-state index contributed by atoms with van der Waals surface area (Å²) in [5.41, 5.74) is 3.93. The van der Waals surface area contributed by atoms with Crippen molar-refractivity contribution in [3.05, 3.63) is 98.1 Å². The van der Waals surface area contributed by atoms with Gasteiger partial charge in [0, 0.05) is 0 Å². The van der Waals surface area contributed by atoms with Gasteiger partial charge in [-0.25, -0.2) is 0 Å². The van der Waals surface area contributed by atoms with Crippen LogP contribution in [0.3, 0.4) is 0 Å². The second-order valence-electron chi connectivity index (χ2n) is 7.81. The number of benzene rings is 3. The molecule has 0 fully saturated rings. The number of nitriles is 1. The van der Waals surface area contributed by atoms with E-state index in [1.54, 1.807) is 12.1 Å². The van der Waals surface area contributed by atoms with Crippen LogP contribution in [0.15, 0.2) is 72.3 Å². The minimum absolute atomic E-state index is 0.0225. The van der Waals surface area contributed by atoms with Gasteiger partial charge in [-0.3, -0.25) is 4.79 Å². The van der Waals surface area contributed by atoms with Crippen molar-refractivity contribution in [3.63, 3.8) is 0 Å². The largest absolute Gasteiger partial charge is 0.490 e. The second-order valence-corrected chi connectivity index (χ2v) is 8.98. The van der Waals surface area contributed by atoms with E-state index in [1.165, 1.54) is 5.56 Å². The average molecular weight is 566 g/mol. The van der Waals surface area contributed by atoms with Crippen LogP contribution in [0.1, 0.15) is 42.1 Å². The Labute approximate surface area is 214 Å². The van der Waals surface area contributed by atoms with Crippen LogP contribution in [-0.2, 0) is 11.4 Å². The molecule has 0 aliphatic heterocycles. The van der Waals surface area contributed by atoms with Crippen LogP contribution in [0.25, 0.3) is 6.08 Å². The van der Waals surface area contributed by atoms with Gasteiger partial charge in [0.15, 0.2) is 11.5 Å². The van der Waals surface area contributed by atoms with Gasteiger partial charge in [-0.15, -0.1) is 0 Å². The summed E-state index contributed by atoms with van der Waals surface area (Å²) in [5.74, 6) is 0.787. The van der Waals surface area contributed by atoms with E-state index in [0.717, 1.165) is 14.7 Å². The van der Waals surface area contributed by atoms with E-state index in [1.807, 2.05) is 87.5 Å². The zero-order valence-corrected chi connectivity index (χ0v) is 21.6. The molecule has 5 nitrogen and oxygen atoms in total. The highest BCUT2D eigenvalue weighted by Gasteiger charge is 2.16. The van der Waals surface area contributed by atoms with Crippen LogP contribution < -0.4 is 14.8 Å². The molecule has 0 saturated carbocycles. The number of carbonyl (C=O) groups excluding carboxylic acids is 1. The van der Waals surface area contributed by atoms with E-state index < -0.39 is 5.91 Å². The van der Waals surface area contributed by atoms with Crippen molar-refractivity contribution in [2.24, 2.45) is 0 Å². The van der Waals surface area contributed by atoms with Gasteiger partial charge in [0.05, 0.1) is 16.2 Å². The Morgan fingerprint density at radius 1 is 1.12 bits per heavy atom. The molecule has 6 heteroatoms. The van der Waals surface area contributed by atoms with Crippen LogP contribution in [0.5, 0.6) is 11.5 Å². The summed E-state index contributed by atoms with van der Waals surface area (Å²) in [6.45, 7) is 6.71. The molecule has 0 heterocycles. The Kier molecular flexibility index (Phi) is 9.11.